The zero-order valence-electron chi connectivity index (χ0n) is 24.6. The molecule has 2 aliphatic heterocycles. The average Bonchev–Trinajstić information content (AvgIpc) is 3.40. The van der Waals surface area contributed by atoms with Crippen LogP contribution in [0, 0.1) is 17.7 Å². The number of sulfone groups is 1. The van der Waals surface area contributed by atoms with Gasteiger partial charge in [-0.2, -0.15) is 26.3 Å². The van der Waals surface area contributed by atoms with Gasteiger partial charge < -0.3 is 14.5 Å². The van der Waals surface area contributed by atoms with Crippen molar-refractivity contribution in [1.82, 2.24) is 9.80 Å². The predicted molar refractivity (Wildman–Crippen MR) is 146 cm³/mol. The Bertz CT molecular complexity index is 1620. The predicted octanol–water partition coefficient (Wildman–Crippen LogP) is 6.06. The van der Waals surface area contributed by atoms with Crippen LogP contribution in [0.1, 0.15) is 42.9 Å². The maximum Gasteiger partial charge on any atom is 0.435 e. The third kappa shape index (κ3) is 5.01. The zero-order valence-corrected chi connectivity index (χ0v) is 25.4. The van der Waals surface area contributed by atoms with Crippen molar-refractivity contribution in [2.24, 2.45) is 11.8 Å². The van der Waals surface area contributed by atoms with E-state index in [1.165, 1.54) is 16.9 Å². The molecule has 0 bridgehead atoms. The van der Waals surface area contributed by atoms with Crippen molar-refractivity contribution < 1.29 is 57.9 Å². The normalized spacial score (nSPS) is 25.6. The molecular formula is C30H30F8N2O5S. The Morgan fingerprint density at radius 1 is 0.935 bits per heavy atom. The minimum atomic E-state index is -6.37. The van der Waals surface area contributed by atoms with Crippen LogP contribution in [-0.4, -0.2) is 75.4 Å². The van der Waals surface area contributed by atoms with E-state index in [0.29, 0.717) is 6.07 Å². The highest BCUT2D eigenvalue weighted by Gasteiger charge is 2.74. The molecule has 2 saturated heterocycles. The fraction of sp³-hybridized carbons (Fsp3) is 0.533. The molecule has 3 aliphatic rings. The highest BCUT2D eigenvalue weighted by atomic mass is 32.2. The molecule has 2 aromatic rings. The molecule has 0 spiro atoms. The van der Waals surface area contributed by atoms with Gasteiger partial charge in [-0.1, -0.05) is 25.1 Å². The summed E-state index contributed by atoms with van der Waals surface area (Å²) in [6.07, 6.45) is -13.2. The Balaban J connectivity index is 1.60. The summed E-state index contributed by atoms with van der Waals surface area (Å²) in [5.41, 5.74) is -7.86. The third-order valence-corrected chi connectivity index (χ3v) is 12.1. The molecule has 2 unspecified atom stereocenters. The van der Waals surface area contributed by atoms with E-state index in [4.69, 9.17) is 4.74 Å². The largest absolute Gasteiger partial charge is 0.469 e. The van der Waals surface area contributed by atoms with E-state index < -0.39 is 67.9 Å². The summed E-state index contributed by atoms with van der Waals surface area (Å²) in [5, 5.41) is 0. The molecule has 0 radical (unpaired) electrons. The van der Waals surface area contributed by atoms with Crippen molar-refractivity contribution in [2.45, 2.75) is 66.3 Å². The number of amides is 2. The van der Waals surface area contributed by atoms with Crippen LogP contribution in [0.2, 0.25) is 0 Å². The van der Waals surface area contributed by atoms with E-state index in [2.05, 4.69) is 0 Å². The summed E-state index contributed by atoms with van der Waals surface area (Å²) in [5.74, 6) is -1.94. The number of likely N-dealkylation sites (tertiary alicyclic amines) is 2. The number of urea groups is 1. The standard InChI is InChI=1S/C30H30F8N2O5S/c1-17-16-39(13-11-22(17)25(41)45-2)26(42)40-14-12-27(46(43,44)21-7-5-20(31)6-8-21)23-9-4-19(15-18(23)3-10-24(27)40)28(32,29(33,34)35)30(36,37)38/h4-9,15,17,22,24H,3,10-14,16H2,1-2H3/t17?,22?,24-,27-/m1/s1. The minimum absolute atomic E-state index is 0.144. The van der Waals surface area contributed by atoms with Gasteiger partial charge in [-0.15, -0.1) is 0 Å². The number of carbonyl (C=O) groups excluding carboxylic acids is 2. The highest BCUT2D eigenvalue weighted by molar-refractivity contribution is 7.92. The summed E-state index contributed by atoms with van der Waals surface area (Å²) in [4.78, 5) is 28.5. The number of methoxy groups -OCH3 is 1. The first-order valence-corrected chi connectivity index (χ1v) is 15.9. The van der Waals surface area contributed by atoms with Crippen LogP contribution in [0.25, 0.3) is 0 Å². The second kappa shape index (κ2) is 11.4. The van der Waals surface area contributed by atoms with Crippen molar-refractivity contribution in [2.75, 3.05) is 26.7 Å². The quantitative estimate of drug-likeness (QED) is 0.223. The van der Waals surface area contributed by atoms with Gasteiger partial charge in [0.2, 0.25) is 0 Å². The number of esters is 1. The lowest BCUT2D eigenvalue weighted by molar-refractivity contribution is -0.348. The van der Waals surface area contributed by atoms with Gasteiger partial charge in [0.1, 0.15) is 10.6 Å². The maximum atomic E-state index is 15.0. The van der Waals surface area contributed by atoms with E-state index in [9.17, 15) is 48.7 Å². The summed E-state index contributed by atoms with van der Waals surface area (Å²) in [6, 6.07) is 3.54. The Morgan fingerprint density at radius 2 is 1.57 bits per heavy atom. The van der Waals surface area contributed by atoms with E-state index in [1.54, 1.807) is 6.92 Å². The lowest BCUT2D eigenvalue weighted by Crippen LogP contribution is -2.56. The number of hydrogen-bond acceptors (Lipinski definition) is 5. The van der Waals surface area contributed by atoms with Crippen LogP contribution in [0.5, 0.6) is 0 Å². The van der Waals surface area contributed by atoms with Crippen molar-refractivity contribution in [1.29, 1.82) is 0 Å². The fourth-order valence-electron chi connectivity index (χ4n) is 7.29. The summed E-state index contributed by atoms with van der Waals surface area (Å²) >= 11 is 0. The molecule has 16 heteroatoms. The van der Waals surface area contributed by atoms with Gasteiger partial charge in [-0.25, -0.2) is 22.0 Å². The average molecular weight is 683 g/mol. The van der Waals surface area contributed by atoms with Crippen molar-refractivity contribution in [3.63, 3.8) is 0 Å². The second-order valence-corrected chi connectivity index (χ2v) is 14.2. The number of nitrogens with zero attached hydrogens (tertiary/aromatic N) is 2. The molecule has 0 N–H and O–H groups in total. The number of aryl methyl sites for hydroxylation is 1. The first kappa shape index (κ1) is 33.9. The molecule has 0 saturated carbocycles. The van der Waals surface area contributed by atoms with Crippen LogP contribution in [-0.2, 0) is 36.2 Å². The lowest BCUT2D eigenvalue weighted by atomic mass is 9.77. The number of rotatable bonds is 4. The fourth-order valence-corrected chi connectivity index (χ4v) is 9.65. The second-order valence-electron chi connectivity index (χ2n) is 12.0. The Kier molecular flexibility index (Phi) is 8.38. The molecular weight excluding hydrogens is 652 g/mol. The van der Waals surface area contributed by atoms with Crippen LogP contribution in [0.15, 0.2) is 47.4 Å². The van der Waals surface area contributed by atoms with Crippen LogP contribution >= 0.6 is 0 Å². The Labute approximate surface area is 259 Å². The molecule has 7 nitrogen and oxygen atoms in total. The summed E-state index contributed by atoms with van der Waals surface area (Å²) in [6.45, 7) is 1.91. The monoisotopic (exact) mass is 682 g/mol. The SMILES string of the molecule is COC(=O)C1CCN(C(=O)N2CC[C@@]3(S(=O)(=O)c4ccc(F)cc4)c4ccc(C(F)(C(F)(F)F)C(F)(F)F)cc4CC[C@@H]23)CC1C. The number of halogens is 8. The first-order chi connectivity index (χ1) is 21.3. The molecule has 1 aliphatic carbocycles. The number of hydrogen-bond donors (Lipinski definition) is 0. The number of fused-ring (bicyclic) bond motifs is 3. The number of ether oxygens (including phenoxy) is 1. The van der Waals surface area contributed by atoms with Gasteiger partial charge in [-0.3, -0.25) is 4.79 Å². The van der Waals surface area contributed by atoms with Crippen molar-refractivity contribution >= 4 is 21.8 Å². The van der Waals surface area contributed by atoms with Crippen molar-refractivity contribution in [3.05, 3.63) is 65.0 Å². The number of alkyl halides is 7. The van der Waals surface area contributed by atoms with Gasteiger partial charge in [0.25, 0.3) is 0 Å². The molecule has 0 aromatic heterocycles. The molecule has 2 amide bonds. The van der Waals surface area contributed by atoms with Crippen LogP contribution < -0.4 is 0 Å². The highest BCUT2D eigenvalue weighted by Crippen LogP contribution is 2.57. The number of benzene rings is 2. The molecule has 2 fully saturated rings. The van der Waals surface area contributed by atoms with E-state index in [0.717, 1.165) is 30.3 Å². The van der Waals surface area contributed by atoms with Gasteiger partial charge in [0.15, 0.2) is 9.84 Å². The van der Waals surface area contributed by atoms with E-state index in [-0.39, 0.29) is 73.3 Å². The van der Waals surface area contributed by atoms with Crippen LogP contribution in [0.4, 0.5) is 39.9 Å². The van der Waals surface area contributed by atoms with E-state index >= 15 is 4.39 Å². The van der Waals surface area contributed by atoms with Gasteiger partial charge in [0, 0.05) is 25.2 Å². The first-order valence-electron chi connectivity index (χ1n) is 14.4. The number of piperidine rings is 1. The maximum absolute atomic E-state index is 15.0. The molecule has 5 rings (SSSR count). The van der Waals surface area contributed by atoms with Gasteiger partial charge in [0.05, 0.1) is 24.0 Å². The molecule has 2 aromatic carbocycles. The summed E-state index contributed by atoms with van der Waals surface area (Å²) in [7, 11) is -3.35. The smallest absolute Gasteiger partial charge is 0.435 e. The Morgan fingerprint density at radius 3 is 2.13 bits per heavy atom. The summed E-state index contributed by atoms with van der Waals surface area (Å²) < 4.78 is 142. The number of carbonyl (C=O) groups is 2. The third-order valence-electron chi connectivity index (χ3n) is 9.59. The topological polar surface area (TPSA) is 84.0 Å². The van der Waals surface area contributed by atoms with Crippen molar-refractivity contribution in [3.8, 4) is 0 Å². The molecule has 4 atom stereocenters. The van der Waals surface area contributed by atoms with Crippen LogP contribution in [0.3, 0.4) is 0 Å². The van der Waals surface area contributed by atoms with E-state index in [1.807, 2.05) is 0 Å². The van der Waals surface area contributed by atoms with Gasteiger partial charge in [-0.05, 0) is 67.0 Å². The lowest BCUT2D eigenvalue weighted by Gasteiger charge is -2.44. The molecule has 46 heavy (non-hydrogen) atoms. The molecule has 2 heterocycles. The zero-order chi connectivity index (χ0) is 34.0. The Hall–Kier alpha value is -3.43. The minimum Gasteiger partial charge on any atom is -0.469 e. The molecule has 252 valence electrons. The van der Waals surface area contributed by atoms with Gasteiger partial charge >= 0.3 is 30.0 Å².